The maximum Gasteiger partial charge on any atom is 0.228 e. The smallest absolute Gasteiger partial charge is 0.228 e. The number of hydrogen-bond donors (Lipinski definition) is 2. The molecule has 1 saturated heterocycles. The fourth-order valence-corrected chi connectivity index (χ4v) is 2.61. The fourth-order valence-electron chi connectivity index (χ4n) is 2.61. The lowest BCUT2D eigenvalue weighted by molar-refractivity contribution is 0.0869. The van der Waals surface area contributed by atoms with Gasteiger partial charge in [0.1, 0.15) is 17.8 Å². The van der Waals surface area contributed by atoms with Crippen molar-refractivity contribution in [2.24, 2.45) is 0 Å². The van der Waals surface area contributed by atoms with Gasteiger partial charge in [-0.25, -0.2) is 9.97 Å². The fraction of sp³-hybridized carbons (Fsp3) is 0.615. The summed E-state index contributed by atoms with van der Waals surface area (Å²) in [4.78, 5) is 10.6. The van der Waals surface area contributed by atoms with Gasteiger partial charge in [-0.1, -0.05) is 0 Å². The Labute approximate surface area is 117 Å². The lowest BCUT2D eigenvalue weighted by Crippen LogP contribution is -2.39. The molecule has 7 heteroatoms. The minimum atomic E-state index is 0.164. The van der Waals surface area contributed by atoms with Crippen LogP contribution < -0.4 is 4.74 Å². The van der Waals surface area contributed by atoms with Crippen molar-refractivity contribution >= 4 is 11.0 Å². The van der Waals surface area contributed by atoms with E-state index in [4.69, 9.17) is 9.84 Å². The Kier molecular flexibility index (Phi) is 3.79. The van der Waals surface area contributed by atoms with E-state index in [1.165, 1.54) is 6.33 Å². The van der Waals surface area contributed by atoms with Crippen molar-refractivity contribution < 1.29 is 9.84 Å². The van der Waals surface area contributed by atoms with Crippen molar-refractivity contribution in [2.45, 2.75) is 25.9 Å². The van der Waals surface area contributed by atoms with Crippen LogP contribution in [0.3, 0.4) is 0 Å². The van der Waals surface area contributed by atoms with Gasteiger partial charge in [0, 0.05) is 25.3 Å². The molecule has 20 heavy (non-hydrogen) atoms. The third-order valence-corrected chi connectivity index (χ3v) is 3.73. The number of aliphatic hydroxyl groups is 1. The van der Waals surface area contributed by atoms with Crippen LogP contribution in [0.25, 0.3) is 11.0 Å². The molecular formula is C13H19N5O2. The zero-order valence-corrected chi connectivity index (χ0v) is 11.5. The van der Waals surface area contributed by atoms with Crippen molar-refractivity contribution in [3.05, 3.63) is 12.0 Å². The number of hydrogen-bond acceptors (Lipinski definition) is 6. The normalized spacial score (nSPS) is 17.7. The van der Waals surface area contributed by atoms with Crippen LogP contribution in [0.5, 0.6) is 5.88 Å². The molecule has 0 aliphatic carbocycles. The van der Waals surface area contributed by atoms with Crippen LogP contribution in [0, 0.1) is 6.92 Å². The molecule has 2 N–H and O–H groups in total. The minimum Gasteiger partial charge on any atom is -0.474 e. The summed E-state index contributed by atoms with van der Waals surface area (Å²) in [5, 5.41) is 16.8. The molecule has 1 aliphatic rings. The van der Waals surface area contributed by atoms with Crippen LogP contribution in [0.15, 0.2) is 6.33 Å². The lowest BCUT2D eigenvalue weighted by Gasteiger charge is -2.31. The SMILES string of the molecule is Cc1[nH]nc2ncnc(OC3CCN(CCO)CC3)c12. The average Bonchev–Trinajstić information content (AvgIpc) is 2.84. The number of aromatic amines is 1. The Morgan fingerprint density at radius 2 is 2.20 bits per heavy atom. The number of rotatable bonds is 4. The van der Waals surface area contributed by atoms with E-state index >= 15 is 0 Å². The van der Waals surface area contributed by atoms with Gasteiger partial charge in [0.25, 0.3) is 0 Å². The summed E-state index contributed by atoms with van der Waals surface area (Å²) in [6, 6.07) is 0. The summed E-state index contributed by atoms with van der Waals surface area (Å²) >= 11 is 0. The molecule has 0 aromatic carbocycles. The number of aliphatic hydroxyl groups excluding tert-OH is 1. The summed E-state index contributed by atoms with van der Waals surface area (Å²) in [5.41, 5.74) is 1.57. The number of fused-ring (bicyclic) bond motifs is 1. The van der Waals surface area contributed by atoms with Gasteiger partial charge in [-0.15, -0.1) is 0 Å². The largest absolute Gasteiger partial charge is 0.474 e. The number of nitrogens with zero attached hydrogens (tertiary/aromatic N) is 4. The second kappa shape index (κ2) is 5.72. The van der Waals surface area contributed by atoms with E-state index in [9.17, 15) is 0 Å². The first-order valence-electron chi connectivity index (χ1n) is 6.93. The first-order valence-corrected chi connectivity index (χ1v) is 6.93. The van der Waals surface area contributed by atoms with E-state index in [-0.39, 0.29) is 12.7 Å². The number of nitrogens with one attached hydrogen (secondary N) is 1. The third-order valence-electron chi connectivity index (χ3n) is 3.73. The third kappa shape index (κ3) is 2.59. The minimum absolute atomic E-state index is 0.164. The zero-order valence-electron chi connectivity index (χ0n) is 11.5. The van der Waals surface area contributed by atoms with Gasteiger partial charge in [0.2, 0.25) is 5.88 Å². The highest BCUT2D eigenvalue weighted by Gasteiger charge is 2.22. The van der Waals surface area contributed by atoms with E-state index in [0.29, 0.717) is 11.5 Å². The molecule has 0 unspecified atom stereocenters. The highest BCUT2D eigenvalue weighted by atomic mass is 16.5. The Bertz CT molecular complexity index is 577. The number of aromatic nitrogens is 4. The maximum atomic E-state index is 8.94. The monoisotopic (exact) mass is 277 g/mol. The van der Waals surface area contributed by atoms with Gasteiger partial charge in [0.15, 0.2) is 5.65 Å². The molecule has 0 bridgehead atoms. The number of ether oxygens (including phenoxy) is 1. The molecule has 2 aromatic rings. The van der Waals surface area contributed by atoms with Gasteiger partial charge in [-0.3, -0.25) is 5.10 Å². The molecule has 1 aliphatic heterocycles. The van der Waals surface area contributed by atoms with Crippen LogP contribution >= 0.6 is 0 Å². The summed E-state index contributed by atoms with van der Waals surface area (Å²) in [6.45, 7) is 4.79. The summed E-state index contributed by atoms with van der Waals surface area (Å²) in [7, 11) is 0. The van der Waals surface area contributed by atoms with Crippen LogP contribution in [-0.2, 0) is 0 Å². The predicted octanol–water partition coefficient (Wildman–Crippen LogP) is 0.497. The average molecular weight is 277 g/mol. The summed E-state index contributed by atoms with van der Waals surface area (Å²) in [5.74, 6) is 0.613. The van der Waals surface area contributed by atoms with Gasteiger partial charge in [-0.05, 0) is 19.8 Å². The lowest BCUT2D eigenvalue weighted by atomic mass is 10.1. The number of H-pyrrole nitrogens is 1. The van der Waals surface area contributed by atoms with Crippen LogP contribution in [0.2, 0.25) is 0 Å². The van der Waals surface area contributed by atoms with Gasteiger partial charge in [-0.2, -0.15) is 5.10 Å². The van der Waals surface area contributed by atoms with E-state index in [1.54, 1.807) is 0 Å². The number of piperidine rings is 1. The van der Waals surface area contributed by atoms with Crippen molar-refractivity contribution in [1.82, 2.24) is 25.1 Å². The Morgan fingerprint density at radius 3 is 2.95 bits per heavy atom. The molecule has 2 aromatic heterocycles. The van der Waals surface area contributed by atoms with E-state index in [1.807, 2.05) is 6.92 Å². The van der Waals surface area contributed by atoms with E-state index in [0.717, 1.165) is 43.6 Å². The first kappa shape index (κ1) is 13.3. The Hall–Kier alpha value is -1.73. The van der Waals surface area contributed by atoms with Gasteiger partial charge in [0.05, 0.1) is 6.61 Å². The molecule has 1 fully saturated rings. The van der Waals surface area contributed by atoms with Crippen molar-refractivity contribution in [1.29, 1.82) is 0 Å². The molecule has 3 rings (SSSR count). The molecule has 0 spiro atoms. The molecule has 0 atom stereocenters. The zero-order chi connectivity index (χ0) is 13.9. The van der Waals surface area contributed by atoms with E-state index in [2.05, 4.69) is 25.1 Å². The Balaban J connectivity index is 1.70. The van der Waals surface area contributed by atoms with Crippen molar-refractivity contribution in [3.8, 4) is 5.88 Å². The number of likely N-dealkylation sites (tertiary alicyclic amines) is 1. The van der Waals surface area contributed by atoms with Gasteiger partial charge < -0.3 is 14.7 Å². The second-order valence-electron chi connectivity index (χ2n) is 5.11. The second-order valence-corrected chi connectivity index (χ2v) is 5.11. The van der Waals surface area contributed by atoms with Crippen molar-refractivity contribution in [2.75, 3.05) is 26.2 Å². The van der Waals surface area contributed by atoms with Crippen LogP contribution in [-0.4, -0.2) is 62.5 Å². The highest BCUT2D eigenvalue weighted by Crippen LogP contribution is 2.25. The van der Waals surface area contributed by atoms with E-state index < -0.39 is 0 Å². The molecule has 0 radical (unpaired) electrons. The molecular weight excluding hydrogens is 258 g/mol. The quantitative estimate of drug-likeness (QED) is 0.846. The molecule has 7 nitrogen and oxygen atoms in total. The number of aryl methyl sites for hydroxylation is 1. The standard InChI is InChI=1S/C13H19N5O2/c1-9-11-12(17-16-9)14-8-15-13(11)20-10-2-4-18(5-3-10)6-7-19/h8,10,19H,2-7H2,1H3,(H,14,15,16,17). The Morgan fingerprint density at radius 1 is 1.40 bits per heavy atom. The number of β-amino-alcohol motifs (C(OH)–C–C–N with tert-alkyl or cyclic N) is 1. The highest BCUT2D eigenvalue weighted by molar-refractivity contribution is 5.82. The molecule has 108 valence electrons. The summed E-state index contributed by atoms with van der Waals surface area (Å²) in [6.07, 6.45) is 3.54. The van der Waals surface area contributed by atoms with Gasteiger partial charge >= 0.3 is 0 Å². The maximum absolute atomic E-state index is 8.94. The topological polar surface area (TPSA) is 87.2 Å². The summed E-state index contributed by atoms with van der Waals surface area (Å²) < 4.78 is 6.03. The van der Waals surface area contributed by atoms with Crippen LogP contribution in [0.1, 0.15) is 18.5 Å². The van der Waals surface area contributed by atoms with Crippen molar-refractivity contribution in [3.63, 3.8) is 0 Å². The molecule has 0 saturated carbocycles. The molecule has 0 amide bonds. The first-order chi connectivity index (χ1) is 9.78. The predicted molar refractivity (Wildman–Crippen MR) is 73.6 cm³/mol. The van der Waals surface area contributed by atoms with Crippen LogP contribution in [0.4, 0.5) is 0 Å². The molecule has 3 heterocycles.